The monoisotopic (exact) mass is 361 g/mol. The average molecular weight is 361 g/mol. The second-order valence-electron chi connectivity index (χ2n) is 5.94. The van der Waals surface area contributed by atoms with E-state index in [1.807, 2.05) is 22.4 Å². The number of fused-ring (bicyclic) bond motifs is 1. The van der Waals surface area contributed by atoms with Crippen molar-refractivity contribution in [2.24, 2.45) is 0 Å². The van der Waals surface area contributed by atoms with Crippen molar-refractivity contribution in [2.75, 3.05) is 6.54 Å². The van der Waals surface area contributed by atoms with Gasteiger partial charge in [-0.15, -0.1) is 11.3 Å². The lowest BCUT2D eigenvalue weighted by molar-refractivity contribution is 0.238. The van der Waals surface area contributed by atoms with Gasteiger partial charge in [0.1, 0.15) is 0 Å². The van der Waals surface area contributed by atoms with Gasteiger partial charge in [0.2, 0.25) is 0 Å². The van der Waals surface area contributed by atoms with Gasteiger partial charge < -0.3 is 0 Å². The first-order valence-corrected chi connectivity index (χ1v) is 8.73. The molecule has 0 fully saturated rings. The lowest BCUT2D eigenvalue weighted by Crippen LogP contribution is -2.31. The summed E-state index contributed by atoms with van der Waals surface area (Å²) < 4.78 is 40.3. The van der Waals surface area contributed by atoms with E-state index < -0.39 is 17.5 Å². The maximum Gasteiger partial charge on any atom is 0.194 e. The number of rotatable bonds is 3. The molecule has 3 heterocycles. The molecule has 0 saturated carbocycles. The van der Waals surface area contributed by atoms with Crippen LogP contribution in [-0.4, -0.2) is 21.4 Å². The van der Waals surface area contributed by atoms with Crippen LogP contribution in [0.2, 0.25) is 0 Å². The highest BCUT2D eigenvalue weighted by Gasteiger charge is 2.21. The molecule has 2 aromatic heterocycles. The van der Waals surface area contributed by atoms with Crippen molar-refractivity contribution in [3.63, 3.8) is 0 Å². The Balaban J connectivity index is 1.53. The normalized spacial score (nSPS) is 14.5. The molecule has 0 spiro atoms. The van der Waals surface area contributed by atoms with Crippen molar-refractivity contribution in [3.05, 3.63) is 70.1 Å². The van der Waals surface area contributed by atoms with Crippen molar-refractivity contribution in [3.8, 4) is 10.7 Å². The molecule has 3 aromatic rings. The second-order valence-corrected chi connectivity index (χ2v) is 6.89. The van der Waals surface area contributed by atoms with E-state index in [0.29, 0.717) is 25.3 Å². The van der Waals surface area contributed by atoms with Gasteiger partial charge in [0, 0.05) is 43.4 Å². The third-order valence-corrected chi connectivity index (χ3v) is 5.13. The van der Waals surface area contributed by atoms with Gasteiger partial charge in [-0.05, 0) is 17.5 Å². The third-order valence-electron chi connectivity index (χ3n) is 4.26. The molecule has 7 heteroatoms. The van der Waals surface area contributed by atoms with Crippen molar-refractivity contribution in [2.45, 2.75) is 19.5 Å². The fourth-order valence-corrected chi connectivity index (χ4v) is 3.63. The molecule has 0 aliphatic carbocycles. The Morgan fingerprint density at radius 3 is 2.80 bits per heavy atom. The molecule has 25 heavy (non-hydrogen) atoms. The lowest BCUT2D eigenvalue weighted by Gasteiger charge is -2.28. The minimum Gasteiger partial charge on any atom is -0.294 e. The molecule has 1 aromatic carbocycles. The summed E-state index contributed by atoms with van der Waals surface area (Å²) in [6, 6.07) is 6.19. The van der Waals surface area contributed by atoms with Crippen LogP contribution < -0.4 is 0 Å². The summed E-state index contributed by atoms with van der Waals surface area (Å²) in [6.45, 7) is 1.44. The van der Waals surface area contributed by atoms with Crippen LogP contribution >= 0.6 is 11.3 Å². The van der Waals surface area contributed by atoms with Crippen LogP contribution in [0.5, 0.6) is 0 Å². The van der Waals surface area contributed by atoms with Crippen molar-refractivity contribution >= 4 is 11.3 Å². The smallest absolute Gasteiger partial charge is 0.194 e. The minimum atomic E-state index is -1.42. The average Bonchev–Trinajstić information content (AvgIpc) is 3.16. The van der Waals surface area contributed by atoms with Crippen LogP contribution in [0.1, 0.15) is 16.8 Å². The highest BCUT2D eigenvalue weighted by Crippen LogP contribution is 2.25. The van der Waals surface area contributed by atoms with Crippen LogP contribution in [0.4, 0.5) is 13.2 Å². The number of benzene rings is 1. The van der Waals surface area contributed by atoms with E-state index in [1.165, 1.54) is 6.07 Å². The Kier molecular flexibility index (Phi) is 4.27. The zero-order chi connectivity index (χ0) is 17.4. The van der Waals surface area contributed by atoms with E-state index in [-0.39, 0.29) is 12.1 Å². The SMILES string of the molecule is Fc1ccc(CN2CCc3nc(-c4cccs4)ncc3C2)c(F)c1F. The summed E-state index contributed by atoms with van der Waals surface area (Å²) in [5.74, 6) is -2.98. The van der Waals surface area contributed by atoms with Crippen LogP contribution in [0, 0.1) is 17.5 Å². The molecule has 0 saturated heterocycles. The van der Waals surface area contributed by atoms with Crippen LogP contribution in [0.15, 0.2) is 35.8 Å². The van der Waals surface area contributed by atoms with E-state index in [9.17, 15) is 13.2 Å². The van der Waals surface area contributed by atoms with E-state index in [4.69, 9.17) is 0 Å². The van der Waals surface area contributed by atoms with E-state index in [0.717, 1.165) is 22.2 Å². The van der Waals surface area contributed by atoms with Gasteiger partial charge in [0.25, 0.3) is 0 Å². The summed E-state index contributed by atoms with van der Waals surface area (Å²) in [4.78, 5) is 12.0. The molecule has 0 radical (unpaired) electrons. The number of aromatic nitrogens is 2. The highest BCUT2D eigenvalue weighted by molar-refractivity contribution is 7.13. The molecule has 0 N–H and O–H groups in total. The fourth-order valence-electron chi connectivity index (χ4n) is 2.96. The Bertz CT molecular complexity index is 912. The first-order valence-electron chi connectivity index (χ1n) is 7.85. The zero-order valence-corrected chi connectivity index (χ0v) is 14.0. The van der Waals surface area contributed by atoms with Crippen molar-refractivity contribution in [1.82, 2.24) is 14.9 Å². The topological polar surface area (TPSA) is 29.0 Å². The van der Waals surface area contributed by atoms with Crippen LogP contribution in [-0.2, 0) is 19.5 Å². The predicted octanol–water partition coefficient (Wildman–Crippen LogP) is 4.18. The molecule has 1 aliphatic rings. The van der Waals surface area contributed by atoms with Crippen LogP contribution in [0.25, 0.3) is 10.7 Å². The van der Waals surface area contributed by atoms with E-state index in [2.05, 4.69) is 9.97 Å². The van der Waals surface area contributed by atoms with Crippen molar-refractivity contribution < 1.29 is 13.2 Å². The number of hydrogen-bond donors (Lipinski definition) is 0. The molecule has 0 amide bonds. The lowest BCUT2D eigenvalue weighted by atomic mass is 10.1. The molecular weight excluding hydrogens is 347 g/mol. The Morgan fingerprint density at radius 1 is 1.12 bits per heavy atom. The molecule has 1 aliphatic heterocycles. The van der Waals surface area contributed by atoms with Gasteiger partial charge in [-0.1, -0.05) is 12.1 Å². The maximum absolute atomic E-state index is 13.9. The first-order chi connectivity index (χ1) is 12.1. The summed E-state index contributed by atoms with van der Waals surface area (Å²) in [5.41, 5.74) is 2.12. The second kappa shape index (κ2) is 6.57. The summed E-state index contributed by atoms with van der Waals surface area (Å²) in [5, 5.41) is 1.98. The summed E-state index contributed by atoms with van der Waals surface area (Å²) >= 11 is 1.59. The van der Waals surface area contributed by atoms with E-state index >= 15 is 0 Å². The van der Waals surface area contributed by atoms with Gasteiger partial charge in [-0.25, -0.2) is 23.1 Å². The quantitative estimate of drug-likeness (QED) is 0.656. The molecule has 0 unspecified atom stereocenters. The van der Waals surface area contributed by atoms with E-state index in [1.54, 1.807) is 17.5 Å². The van der Waals surface area contributed by atoms with Gasteiger partial charge in [0.05, 0.1) is 10.6 Å². The third kappa shape index (κ3) is 3.17. The van der Waals surface area contributed by atoms with Crippen LogP contribution in [0.3, 0.4) is 0 Å². The highest BCUT2D eigenvalue weighted by atomic mass is 32.1. The van der Waals surface area contributed by atoms with Crippen molar-refractivity contribution in [1.29, 1.82) is 0 Å². The Hall–Kier alpha value is -2.25. The Morgan fingerprint density at radius 2 is 2.00 bits per heavy atom. The van der Waals surface area contributed by atoms with Gasteiger partial charge in [-0.2, -0.15) is 0 Å². The first kappa shape index (κ1) is 16.2. The minimum absolute atomic E-state index is 0.151. The summed E-state index contributed by atoms with van der Waals surface area (Å²) in [7, 11) is 0. The van der Waals surface area contributed by atoms with Gasteiger partial charge in [0.15, 0.2) is 23.3 Å². The van der Waals surface area contributed by atoms with Gasteiger partial charge in [-0.3, -0.25) is 4.90 Å². The Labute approximate surface area is 146 Å². The number of hydrogen-bond acceptors (Lipinski definition) is 4. The maximum atomic E-state index is 13.9. The molecule has 0 bridgehead atoms. The van der Waals surface area contributed by atoms with Gasteiger partial charge >= 0.3 is 0 Å². The molecule has 3 nitrogen and oxygen atoms in total. The molecule has 4 rings (SSSR count). The number of nitrogens with zero attached hydrogens (tertiary/aromatic N) is 3. The predicted molar refractivity (Wildman–Crippen MR) is 89.5 cm³/mol. The largest absolute Gasteiger partial charge is 0.294 e. The molecule has 0 atom stereocenters. The fraction of sp³-hybridized carbons (Fsp3) is 0.222. The number of halogens is 3. The zero-order valence-electron chi connectivity index (χ0n) is 13.2. The summed E-state index contributed by atoms with van der Waals surface area (Å²) in [6.07, 6.45) is 2.51. The standard InChI is InChI=1S/C18H14F3N3S/c19-13-4-3-11(16(20)17(13)21)9-24-6-5-14-12(10-24)8-22-18(23-14)15-2-1-7-25-15/h1-4,7-8H,5-6,9-10H2. The molecule has 128 valence electrons. The molecular formula is C18H14F3N3S. The number of thiophene rings is 1.